The third-order valence-corrected chi connectivity index (χ3v) is 4.07. The molecule has 3 heteroatoms. The van der Waals surface area contributed by atoms with Gasteiger partial charge in [0, 0.05) is 18.0 Å². The fourth-order valence-corrected chi connectivity index (χ4v) is 2.69. The molecular formula is C11H20ClNO. The van der Waals surface area contributed by atoms with Crippen LogP contribution in [0.25, 0.3) is 0 Å². The van der Waals surface area contributed by atoms with Gasteiger partial charge in [0.05, 0.1) is 6.10 Å². The smallest absolute Gasteiger partial charge is 0.0588 e. The Hall–Kier alpha value is 0.210. The average molecular weight is 218 g/mol. The van der Waals surface area contributed by atoms with Crippen molar-refractivity contribution in [2.45, 2.75) is 50.2 Å². The molecule has 0 bridgehead atoms. The number of hydrogen-bond acceptors (Lipinski definition) is 2. The van der Waals surface area contributed by atoms with E-state index >= 15 is 0 Å². The van der Waals surface area contributed by atoms with Gasteiger partial charge in [-0.1, -0.05) is 0 Å². The highest BCUT2D eigenvalue weighted by Gasteiger charge is 2.35. The van der Waals surface area contributed by atoms with Gasteiger partial charge in [-0.25, -0.2) is 0 Å². The Morgan fingerprint density at radius 3 is 2.71 bits per heavy atom. The highest BCUT2D eigenvalue weighted by molar-refractivity contribution is 6.18. The summed E-state index contributed by atoms with van der Waals surface area (Å²) in [4.78, 5) is 0. The Kier molecular flexibility index (Phi) is 3.69. The van der Waals surface area contributed by atoms with Gasteiger partial charge < -0.3 is 10.1 Å². The standard InChI is InChI=1S/C11H20ClNO/c12-9-11(5-2-6-11)13-7-4-10-3-1-8-14-10/h10,13H,1-9H2. The Morgan fingerprint density at radius 1 is 1.36 bits per heavy atom. The molecule has 2 nitrogen and oxygen atoms in total. The van der Waals surface area contributed by atoms with Crippen LogP contribution in [0.15, 0.2) is 0 Å². The van der Waals surface area contributed by atoms with Crippen LogP contribution < -0.4 is 5.32 Å². The summed E-state index contributed by atoms with van der Waals surface area (Å²) in [6.45, 7) is 2.03. The van der Waals surface area contributed by atoms with E-state index < -0.39 is 0 Å². The van der Waals surface area contributed by atoms with Crippen LogP contribution in [0.4, 0.5) is 0 Å². The van der Waals surface area contributed by atoms with Crippen molar-refractivity contribution in [1.82, 2.24) is 5.32 Å². The van der Waals surface area contributed by atoms with E-state index in [0.717, 1.165) is 25.5 Å². The summed E-state index contributed by atoms with van der Waals surface area (Å²) in [6, 6.07) is 0. The first-order valence-electron chi connectivity index (χ1n) is 5.77. The van der Waals surface area contributed by atoms with E-state index in [2.05, 4.69) is 5.32 Å². The second kappa shape index (κ2) is 4.82. The minimum Gasteiger partial charge on any atom is -0.378 e. The van der Waals surface area contributed by atoms with Gasteiger partial charge >= 0.3 is 0 Å². The molecule has 0 radical (unpaired) electrons. The summed E-state index contributed by atoms with van der Waals surface area (Å²) < 4.78 is 5.58. The maximum absolute atomic E-state index is 5.96. The average Bonchev–Trinajstić information content (AvgIpc) is 2.62. The Bertz CT molecular complexity index is 171. The molecule has 0 aromatic carbocycles. The van der Waals surface area contributed by atoms with Crippen LogP contribution in [0.3, 0.4) is 0 Å². The van der Waals surface area contributed by atoms with Crippen molar-refractivity contribution in [3.8, 4) is 0 Å². The SMILES string of the molecule is ClCC1(NCCC2CCCO2)CCC1. The normalized spacial score (nSPS) is 30.2. The first-order chi connectivity index (χ1) is 6.85. The molecule has 82 valence electrons. The van der Waals surface area contributed by atoms with E-state index in [4.69, 9.17) is 16.3 Å². The van der Waals surface area contributed by atoms with Crippen LogP contribution in [0.5, 0.6) is 0 Å². The maximum atomic E-state index is 5.96. The van der Waals surface area contributed by atoms with Crippen LogP contribution in [-0.2, 0) is 4.74 Å². The Morgan fingerprint density at radius 2 is 2.21 bits per heavy atom. The predicted octanol–water partition coefficient (Wildman–Crippen LogP) is 2.31. The number of alkyl halides is 1. The first kappa shape index (κ1) is 10.7. The summed E-state index contributed by atoms with van der Waals surface area (Å²) in [5.74, 6) is 0.762. The van der Waals surface area contributed by atoms with Gasteiger partial charge in [-0.3, -0.25) is 0 Å². The summed E-state index contributed by atoms with van der Waals surface area (Å²) in [7, 11) is 0. The fraction of sp³-hybridized carbons (Fsp3) is 1.00. The molecule has 1 aliphatic carbocycles. The van der Waals surface area contributed by atoms with Gasteiger partial charge in [0.15, 0.2) is 0 Å². The first-order valence-corrected chi connectivity index (χ1v) is 6.31. The van der Waals surface area contributed by atoms with Crippen LogP contribution in [0, 0.1) is 0 Å². The van der Waals surface area contributed by atoms with E-state index in [9.17, 15) is 0 Å². The number of hydrogen-bond donors (Lipinski definition) is 1. The minimum atomic E-state index is 0.278. The van der Waals surface area contributed by atoms with E-state index in [0.29, 0.717) is 6.10 Å². The lowest BCUT2D eigenvalue weighted by Crippen LogP contribution is -2.53. The summed E-state index contributed by atoms with van der Waals surface area (Å²) in [5.41, 5.74) is 0.278. The Labute approximate surface area is 91.3 Å². The fourth-order valence-electron chi connectivity index (χ4n) is 2.33. The molecule has 1 saturated carbocycles. The molecule has 2 rings (SSSR count). The number of ether oxygens (including phenoxy) is 1. The molecule has 1 saturated heterocycles. The zero-order valence-electron chi connectivity index (χ0n) is 8.73. The van der Waals surface area contributed by atoms with Gasteiger partial charge in [0.2, 0.25) is 0 Å². The topological polar surface area (TPSA) is 21.3 Å². The van der Waals surface area contributed by atoms with E-state index in [-0.39, 0.29) is 5.54 Å². The largest absolute Gasteiger partial charge is 0.378 e. The summed E-state index contributed by atoms with van der Waals surface area (Å²) in [5, 5.41) is 3.60. The quantitative estimate of drug-likeness (QED) is 0.714. The maximum Gasteiger partial charge on any atom is 0.0588 e. The summed E-state index contributed by atoms with van der Waals surface area (Å²) >= 11 is 5.96. The molecule has 0 amide bonds. The van der Waals surface area contributed by atoms with Crippen molar-refractivity contribution in [1.29, 1.82) is 0 Å². The second-order valence-electron chi connectivity index (χ2n) is 4.62. The lowest BCUT2D eigenvalue weighted by atomic mass is 9.78. The highest BCUT2D eigenvalue weighted by Crippen LogP contribution is 2.32. The number of nitrogens with one attached hydrogen (secondary N) is 1. The second-order valence-corrected chi connectivity index (χ2v) is 4.89. The van der Waals surface area contributed by atoms with E-state index in [1.54, 1.807) is 0 Å². The van der Waals surface area contributed by atoms with Crippen LogP contribution >= 0.6 is 11.6 Å². The van der Waals surface area contributed by atoms with Crippen molar-refractivity contribution in [2.75, 3.05) is 19.0 Å². The molecular weight excluding hydrogens is 198 g/mol. The minimum absolute atomic E-state index is 0.278. The van der Waals surface area contributed by atoms with Crippen LogP contribution in [-0.4, -0.2) is 30.7 Å². The van der Waals surface area contributed by atoms with Gasteiger partial charge in [-0.05, 0) is 45.1 Å². The molecule has 1 atom stereocenters. The highest BCUT2D eigenvalue weighted by atomic mass is 35.5. The number of halogens is 1. The zero-order chi connectivity index (χ0) is 9.86. The molecule has 1 unspecified atom stereocenters. The van der Waals surface area contributed by atoms with Crippen molar-refractivity contribution in [3.05, 3.63) is 0 Å². The third kappa shape index (κ3) is 2.41. The third-order valence-electron chi connectivity index (χ3n) is 3.56. The van der Waals surface area contributed by atoms with E-state index in [1.165, 1.54) is 32.1 Å². The molecule has 14 heavy (non-hydrogen) atoms. The predicted molar refractivity (Wildman–Crippen MR) is 58.9 cm³/mol. The van der Waals surface area contributed by atoms with Gasteiger partial charge in [0.25, 0.3) is 0 Å². The molecule has 1 N–H and O–H groups in total. The molecule has 2 aliphatic rings. The van der Waals surface area contributed by atoms with Gasteiger partial charge in [-0.15, -0.1) is 11.6 Å². The van der Waals surface area contributed by atoms with Crippen molar-refractivity contribution < 1.29 is 4.74 Å². The van der Waals surface area contributed by atoms with Crippen molar-refractivity contribution in [2.24, 2.45) is 0 Å². The monoisotopic (exact) mass is 217 g/mol. The summed E-state index contributed by atoms with van der Waals surface area (Å²) in [6.07, 6.45) is 7.98. The van der Waals surface area contributed by atoms with Crippen LogP contribution in [0.2, 0.25) is 0 Å². The van der Waals surface area contributed by atoms with Crippen molar-refractivity contribution in [3.63, 3.8) is 0 Å². The van der Waals surface area contributed by atoms with Gasteiger partial charge in [-0.2, -0.15) is 0 Å². The molecule has 1 aliphatic heterocycles. The number of rotatable bonds is 5. The lowest BCUT2D eigenvalue weighted by molar-refractivity contribution is 0.0985. The molecule has 1 heterocycles. The van der Waals surface area contributed by atoms with E-state index in [1.807, 2.05) is 0 Å². The Balaban J connectivity index is 1.61. The molecule has 0 aromatic heterocycles. The van der Waals surface area contributed by atoms with Crippen molar-refractivity contribution >= 4 is 11.6 Å². The zero-order valence-corrected chi connectivity index (χ0v) is 9.48. The molecule has 0 aromatic rings. The molecule has 0 spiro atoms. The van der Waals surface area contributed by atoms with Gasteiger partial charge in [0.1, 0.15) is 0 Å². The lowest BCUT2D eigenvalue weighted by Gasteiger charge is -2.41. The van der Waals surface area contributed by atoms with Crippen LogP contribution in [0.1, 0.15) is 38.5 Å². The molecule has 2 fully saturated rings.